The molecule has 3 N–H and O–H groups in total. The van der Waals surface area contributed by atoms with Gasteiger partial charge in [-0.2, -0.15) is 0 Å². The van der Waals surface area contributed by atoms with Crippen molar-refractivity contribution in [2.75, 3.05) is 24.9 Å². The van der Waals surface area contributed by atoms with Crippen molar-refractivity contribution in [1.82, 2.24) is 5.32 Å². The number of fused-ring (bicyclic) bond motifs is 1. The molecule has 2 aromatic carbocycles. The van der Waals surface area contributed by atoms with Crippen LogP contribution in [0.3, 0.4) is 0 Å². The van der Waals surface area contributed by atoms with Gasteiger partial charge >= 0.3 is 0 Å². The summed E-state index contributed by atoms with van der Waals surface area (Å²) in [6.07, 6.45) is 11.7. The molecule has 2 fully saturated rings. The molecule has 2 unspecified atom stereocenters. The van der Waals surface area contributed by atoms with E-state index in [9.17, 15) is 9.18 Å². The number of hydrogen-bond acceptors (Lipinski definition) is 5. The Morgan fingerprint density at radius 1 is 0.919 bits per heavy atom. The van der Waals surface area contributed by atoms with Gasteiger partial charge in [0.2, 0.25) is 5.91 Å². The normalized spacial score (nSPS) is 22.9. The quantitative estimate of drug-likeness (QED) is 0.392. The molecule has 7 heteroatoms. The lowest BCUT2D eigenvalue weighted by Gasteiger charge is -2.44. The number of carbonyl (C=O) groups is 1. The van der Waals surface area contributed by atoms with Crippen molar-refractivity contribution in [3.63, 3.8) is 0 Å². The van der Waals surface area contributed by atoms with Crippen LogP contribution in [0.1, 0.15) is 69.8 Å². The zero-order valence-electron chi connectivity index (χ0n) is 22.1. The number of methoxy groups -OCH3 is 2. The van der Waals surface area contributed by atoms with Crippen molar-refractivity contribution >= 4 is 17.3 Å². The summed E-state index contributed by atoms with van der Waals surface area (Å²) >= 11 is 0. The Balaban J connectivity index is 1.54. The van der Waals surface area contributed by atoms with Gasteiger partial charge in [0.1, 0.15) is 11.5 Å². The summed E-state index contributed by atoms with van der Waals surface area (Å²) in [5.74, 6) is 1.03. The van der Waals surface area contributed by atoms with E-state index in [-0.39, 0.29) is 29.6 Å². The Kier molecular flexibility index (Phi) is 7.77. The van der Waals surface area contributed by atoms with Gasteiger partial charge in [-0.25, -0.2) is 4.39 Å². The third-order valence-corrected chi connectivity index (χ3v) is 8.51. The molecule has 5 rings (SSSR count). The second kappa shape index (κ2) is 11.2. The molecule has 200 valence electrons. The number of hydrogen-bond donors (Lipinski definition) is 3. The standard InChI is InChI=1S/C30H40FN3O3/c1-36-26-16-13-20(17-27(26)37-2)19-30(33-24-15-14-22(31)18-25(24)34-30)28(21-9-5-3-6-10-21)29(35)32-23-11-7-4-8-12-23/h13-18,21,23,28,33-34H,3-12,19H2,1-2H3,(H,32,35). The van der Waals surface area contributed by atoms with E-state index >= 15 is 0 Å². The third-order valence-electron chi connectivity index (χ3n) is 8.51. The van der Waals surface area contributed by atoms with Crippen LogP contribution in [0.25, 0.3) is 0 Å². The molecule has 2 atom stereocenters. The summed E-state index contributed by atoms with van der Waals surface area (Å²) in [6, 6.07) is 10.9. The maximum Gasteiger partial charge on any atom is 0.227 e. The van der Waals surface area contributed by atoms with E-state index in [1.165, 1.54) is 25.0 Å². The highest BCUT2D eigenvalue weighted by molar-refractivity contribution is 5.86. The van der Waals surface area contributed by atoms with Crippen molar-refractivity contribution in [3.8, 4) is 11.5 Å². The predicted molar refractivity (Wildman–Crippen MR) is 145 cm³/mol. The van der Waals surface area contributed by atoms with Gasteiger partial charge in [0.05, 0.1) is 31.5 Å². The molecule has 0 aromatic heterocycles. The average molecular weight is 510 g/mol. The highest BCUT2D eigenvalue weighted by atomic mass is 19.1. The topological polar surface area (TPSA) is 71.6 Å². The van der Waals surface area contributed by atoms with Crippen LogP contribution in [0.4, 0.5) is 15.8 Å². The Bertz CT molecular complexity index is 1100. The smallest absolute Gasteiger partial charge is 0.227 e. The number of anilines is 2. The molecule has 1 aliphatic heterocycles. The van der Waals surface area contributed by atoms with Crippen LogP contribution in [-0.2, 0) is 11.2 Å². The Morgan fingerprint density at radius 3 is 2.30 bits per heavy atom. The van der Waals surface area contributed by atoms with Crippen molar-refractivity contribution in [2.45, 2.75) is 82.3 Å². The monoisotopic (exact) mass is 509 g/mol. The minimum Gasteiger partial charge on any atom is -0.493 e. The summed E-state index contributed by atoms with van der Waals surface area (Å²) < 4.78 is 25.3. The molecule has 2 aliphatic carbocycles. The second-order valence-electron chi connectivity index (χ2n) is 11.0. The maximum atomic E-state index is 14.3. The van der Waals surface area contributed by atoms with Gasteiger partial charge in [-0.3, -0.25) is 4.79 Å². The summed E-state index contributed by atoms with van der Waals surface area (Å²) in [5.41, 5.74) is 1.74. The lowest BCUT2D eigenvalue weighted by atomic mass is 9.71. The molecule has 0 radical (unpaired) electrons. The van der Waals surface area contributed by atoms with E-state index in [2.05, 4.69) is 16.0 Å². The Hall–Kier alpha value is -2.96. The van der Waals surface area contributed by atoms with Crippen LogP contribution in [0.2, 0.25) is 0 Å². The molecule has 3 aliphatic rings. The van der Waals surface area contributed by atoms with Gasteiger partial charge in [-0.15, -0.1) is 0 Å². The SMILES string of the molecule is COc1ccc(CC2(C(C(=O)NC3CCCCC3)C3CCCCC3)Nc3ccc(F)cc3N2)cc1OC. The largest absolute Gasteiger partial charge is 0.493 e. The molecule has 2 saturated carbocycles. The molecule has 0 bridgehead atoms. The van der Waals surface area contributed by atoms with Crippen LogP contribution < -0.4 is 25.4 Å². The highest BCUT2D eigenvalue weighted by Crippen LogP contribution is 2.46. The van der Waals surface area contributed by atoms with Gasteiger partial charge in [0, 0.05) is 12.5 Å². The van der Waals surface area contributed by atoms with Crippen molar-refractivity contribution in [3.05, 3.63) is 47.8 Å². The lowest BCUT2D eigenvalue weighted by molar-refractivity contribution is -0.130. The maximum absolute atomic E-state index is 14.3. The first-order valence-electron chi connectivity index (χ1n) is 13.9. The number of ether oxygens (including phenoxy) is 2. The van der Waals surface area contributed by atoms with E-state index in [1.807, 2.05) is 18.2 Å². The second-order valence-corrected chi connectivity index (χ2v) is 11.0. The van der Waals surface area contributed by atoms with E-state index in [4.69, 9.17) is 9.47 Å². The van der Waals surface area contributed by atoms with Gasteiger partial charge in [0.25, 0.3) is 0 Å². The van der Waals surface area contributed by atoms with Crippen LogP contribution in [0.15, 0.2) is 36.4 Å². The number of benzene rings is 2. The summed E-state index contributed by atoms with van der Waals surface area (Å²) in [7, 11) is 3.25. The van der Waals surface area contributed by atoms with Crippen molar-refractivity contribution < 1.29 is 18.7 Å². The van der Waals surface area contributed by atoms with E-state index < -0.39 is 5.66 Å². The fraction of sp³-hybridized carbons (Fsp3) is 0.567. The first-order chi connectivity index (χ1) is 18.0. The minimum atomic E-state index is -0.795. The number of halogens is 1. The fourth-order valence-corrected chi connectivity index (χ4v) is 6.75. The lowest BCUT2D eigenvalue weighted by Crippen LogP contribution is -2.60. The van der Waals surface area contributed by atoms with E-state index in [0.29, 0.717) is 23.6 Å². The molecule has 0 saturated heterocycles. The van der Waals surface area contributed by atoms with Gasteiger partial charge in [0.15, 0.2) is 11.5 Å². The van der Waals surface area contributed by atoms with E-state index in [1.54, 1.807) is 20.3 Å². The molecule has 1 amide bonds. The van der Waals surface area contributed by atoms with Crippen molar-refractivity contribution in [2.24, 2.45) is 11.8 Å². The van der Waals surface area contributed by atoms with Crippen LogP contribution in [-0.4, -0.2) is 31.8 Å². The molecule has 37 heavy (non-hydrogen) atoms. The molecular formula is C30H40FN3O3. The molecule has 0 spiro atoms. The first kappa shape index (κ1) is 25.7. The minimum absolute atomic E-state index is 0.104. The first-order valence-corrected chi connectivity index (χ1v) is 13.9. The van der Waals surface area contributed by atoms with Gasteiger partial charge < -0.3 is 25.4 Å². The molecule has 1 heterocycles. The summed E-state index contributed by atoms with van der Waals surface area (Å²) in [6.45, 7) is 0. The zero-order valence-corrected chi connectivity index (χ0v) is 22.1. The van der Waals surface area contributed by atoms with Crippen LogP contribution >= 0.6 is 0 Å². The highest BCUT2D eigenvalue weighted by Gasteiger charge is 2.51. The molecule has 6 nitrogen and oxygen atoms in total. The molecular weight excluding hydrogens is 469 g/mol. The predicted octanol–water partition coefficient (Wildman–Crippen LogP) is 6.26. The average Bonchev–Trinajstić information content (AvgIpc) is 3.27. The summed E-state index contributed by atoms with van der Waals surface area (Å²) in [4.78, 5) is 14.2. The van der Waals surface area contributed by atoms with Gasteiger partial charge in [-0.1, -0.05) is 44.6 Å². The van der Waals surface area contributed by atoms with Crippen molar-refractivity contribution in [1.29, 1.82) is 0 Å². The number of rotatable bonds is 8. The molecule has 2 aromatic rings. The number of amides is 1. The van der Waals surface area contributed by atoms with Crippen LogP contribution in [0, 0.1) is 17.7 Å². The number of nitrogens with one attached hydrogen (secondary N) is 3. The Morgan fingerprint density at radius 2 is 1.59 bits per heavy atom. The van der Waals surface area contributed by atoms with Gasteiger partial charge in [-0.05, 0) is 67.5 Å². The Labute approximate surface area is 219 Å². The fourth-order valence-electron chi connectivity index (χ4n) is 6.75. The summed E-state index contributed by atoms with van der Waals surface area (Å²) in [5, 5.41) is 10.8. The third kappa shape index (κ3) is 5.51. The zero-order chi connectivity index (χ0) is 25.8. The number of carbonyl (C=O) groups excluding carboxylic acids is 1. The van der Waals surface area contributed by atoms with E-state index in [0.717, 1.165) is 62.6 Å². The van der Waals surface area contributed by atoms with Crippen LogP contribution in [0.5, 0.6) is 11.5 Å².